The average Bonchev–Trinajstić information content (AvgIpc) is 2.26. The fraction of sp³-hybridized carbons (Fsp3) is 0.417. The Morgan fingerprint density at radius 1 is 1.41 bits per heavy atom. The molecule has 0 aliphatic rings. The number of carbonyl (C=O) groups excluding carboxylic acids is 1. The summed E-state index contributed by atoms with van der Waals surface area (Å²) in [4.78, 5) is 13.5. The molecule has 1 N–H and O–H groups in total. The van der Waals surface area contributed by atoms with Gasteiger partial charge in [-0.05, 0) is 48.0 Å². The van der Waals surface area contributed by atoms with Crippen molar-refractivity contribution in [3.8, 4) is 0 Å². The number of likely N-dealkylation sites (N-methyl/N-ethyl adjacent to an activating group) is 1. The molecule has 94 valence electrons. The summed E-state index contributed by atoms with van der Waals surface area (Å²) in [6, 6.07) is 6.03. The third kappa shape index (κ3) is 4.32. The number of nitrogens with zero attached hydrogens (tertiary/aromatic N) is 1. The Morgan fingerprint density at radius 3 is 2.59 bits per heavy atom. The quantitative estimate of drug-likeness (QED) is 0.887. The summed E-state index contributed by atoms with van der Waals surface area (Å²) in [5, 5.41) is 3.12. The van der Waals surface area contributed by atoms with Crippen LogP contribution in [0.4, 0.5) is 5.69 Å². The summed E-state index contributed by atoms with van der Waals surface area (Å²) in [7, 11) is 1.81. The maximum atomic E-state index is 11.8. The van der Waals surface area contributed by atoms with Gasteiger partial charge in [0.05, 0.1) is 6.54 Å². The lowest BCUT2D eigenvalue weighted by Crippen LogP contribution is -2.37. The topological polar surface area (TPSA) is 32.3 Å². The maximum absolute atomic E-state index is 11.8. The first kappa shape index (κ1) is 14.5. The van der Waals surface area contributed by atoms with Crippen LogP contribution in [0.1, 0.15) is 13.8 Å². The van der Waals surface area contributed by atoms with Crippen LogP contribution in [0.5, 0.6) is 0 Å². The van der Waals surface area contributed by atoms with Gasteiger partial charge in [0.15, 0.2) is 0 Å². The van der Waals surface area contributed by atoms with Crippen molar-refractivity contribution in [2.24, 2.45) is 0 Å². The van der Waals surface area contributed by atoms with E-state index >= 15 is 0 Å². The molecule has 0 saturated carbocycles. The molecule has 0 atom stereocenters. The van der Waals surface area contributed by atoms with Gasteiger partial charge in [-0.15, -0.1) is 0 Å². The molecule has 3 nitrogen and oxygen atoms in total. The van der Waals surface area contributed by atoms with Gasteiger partial charge in [0.1, 0.15) is 0 Å². The van der Waals surface area contributed by atoms with Crippen molar-refractivity contribution in [3.63, 3.8) is 0 Å². The van der Waals surface area contributed by atoms with Gasteiger partial charge in [0.25, 0.3) is 0 Å². The summed E-state index contributed by atoms with van der Waals surface area (Å²) >= 11 is 6.83. The molecule has 5 heteroatoms. The molecule has 0 bridgehead atoms. The number of benzene rings is 1. The fourth-order valence-electron chi connectivity index (χ4n) is 1.22. The molecule has 0 aliphatic heterocycles. The van der Waals surface area contributed by atoms with Crippen molar-refractivity contribution < 1.29 is 4.79 Å². The minimum atomic E-state index is 0.0785. The maximum Gasteiger partial charge on any atom is 0.241 e. The van der Waals surface area contributed by atoms with Crippen LogP contribution in [-0.4, -0.2) is 30.4 Å². The van der Waals surface area contributed by atoms with E-state index in [9.17, 15) is 4.79 Å². The molecular weight excluding hydrogens is 348 g/mol. The normalized spacial score (nSPS) is 10.5. The van der Waals surface area contributed by atoms with Crippen LogP contribution < -0.4 is 5.32 Å². The summed E-state index contributed by atoms with van der Waals surface area (Å²) in [6.45, 7) is 4.29. The molecule has 0 spiro atoms. The molecule has 1 rings (SSSR count). The SMILES string of the molecule is CC(C)N(C)C(=O)CNc1ccc(Br)cc1Br. The van der Waals surface area contributed by atoms with Crippen LogP contribution >= 0.6 is 31.9 Å². The Morgan fingerprint density at radius 2 is 2.06 bits per heavy atom. The van der Waals surface area contributed by atoms with E-state index in [1.807, 2.05) is 39.1 Å². The van der Waals surface area contributed by atoms with Crippen molar-refractivity contribution in [2.75, 3.05) is 18.9 Å². The van der Waals surface area contributed by atoms with Crippen LogP contribution in [-0.2, 0) is 4.79 Å². The first-order valence-electron chi connectivity index (χ1n) is 5.36. The Hall–Kier alpha value is -0.550. The number of carbonyl (C=O) groups is 1. The van der Waals surface area contributed by atoms with Gasteiger partial charge in [0, 0.05) is 27.7 Å². The highest BCUT2D eigenvalue weighted by atomic mass is 79.9. The Balaban J connectivity index is 2.59. The average molecular weight is 364 g/mol. The van der Waals surface area contributed by atoms with Crippen LogP contribution in [0.15, 0.2) is 27.1 Å². The number of halogens is 2. The van der Waals surface area contributed by atoms with Gasteiger partial charge in [-0.2, -0.15) is 0 Å². The number of amides is 1. The Kier molecular flexibility index (Phi) is 5.46. The van der Waals surface area contributed by atoms with Crippen molar-refractivity contribution in [3.05, 3.63) is 27.1 Å². The third-order valence-electron chi connectivity index (χ3n) is 2.53. The first-order valence-corrected chi connectivity index (χ1v) is 6.95. The lowest BCUT2D eigenvalue weighted by atomic mass is 10.3. The first-order chi connectivity index (χ1) is 7.91. The van der Waals surface area contributed by atoms with E-state index in [1.165, 1.54) is 0 Å². The lowest BCUT2D eigenvalue weighted by molar-refractivity contribution is -0.129. The van der Waals surface area contributed by atoms with E-state index in [-0.39, 0.29) is 11.9 Å². The van der Waals surface area contributed by atoms with Gasteiger partial charge in [0.2, 0.25) is 5.91 Å². The van der Waals surface area contributed by atoms with E-state index in [4.69, 9.17) is 0 Å². The van der Waals surface area contributed by atoms with E-state index in [0.717, 1.165) is 14.6 Å². The molecule has 0 aliphatic carbocycles. The summed E-state index contributed by atoms with van der Waals surface area (Å²) in [6.07, 6.45) is 0. The van der Waals surface area contributed by atoms with Crippen molar-refractivity contribution in [2.45, 2.75) is 19.9 Å². The number of hydrogen-bond donors (Lipinski definition) is 1. The summed E-state index contributed by atoms with van der Waals surface area (Å²) < 4.78 is 1.94. The predicted octanol–water partition coefficient (Wildman–Crippen LogP) is 3.49. The fourth-order valence-corrected chi connectivity index (χ4v) is 2.40. The molecule has 0 aromatic heterocycles. The summed E-state index contributed by atoms with van der Waals surface area (Å²) in [5.74, 6) is 0.0785. The van der Waals surface area contributed by atoms with E-state index < -0.39 is 0 Å². The van der Waals surface area contributed by atoms with Crippen molar-refractivity contribution in [1.82, 2.24) is 4.90 Å². The van der Waals surface area contributed by atoms with Crippen LogP contribution in [0.25, 0.3) is 0 Å². The smallest absolute Gasteiger partial charge is 0.241 e. The van der Waals surface area contributed by atoms with Crippen molar-refractivity contribution in [1.29, 1.82) is 0 Å². The molecule has 1 aromatic rings. The number of anilines is 1. The highest BCUT2D eigenvalue weighted by Crippen LogP contribution is 2.25. The van der Waals surface area contributed by atoms with E-state index in [0.29, 0.717) is 6.54 Å². The van der Waals surface area contributed by atoms with Crippen LogP contribution in [0.3, 0.4) is 0 Å². The van der Waals surface area contributed by atoms with Gasteiger partial charge < -0.3 is 10.2 Å². The Bertz CT molecular complexity index is 407. The standard InChI is InChI=1S/C12H16Br2N2O/c1-8(2)16(3)12(17)7-15-11-5-4-9(13)6-10(11)14/h4-6,8,15H,7H2,1-3H3. The van der Waals surface area contributed by atoms with Crippen molar-refractivity contribution >= 4 is 43.5 Å². The molecule has 0 unspecified atom stereocenters. The van der Waals surface area contributed by atoms with E-state index in [1.54, 1.807) is 4.90 Å². The second kappa shape index (κ2) is 6.40. The minimum Gasteiger partial charge on any atom is -0.375 e. The van der Waals surface area contributed by atoms with Gasteiger partial charge in [-0.25, -0.2) is 0 Å². The highest BCUT2D eigenvalue weighted by Gasteiger charge is 2.11. The summed E-state index contributed by atoms with van der Waals surface area (Å²) in [5.41, 5.74) is 0.915. The van der Waals surface area contributed by atoms with Gasteiger partial charge >= 0.3 is 0 Å². The largest absolute Gasteiger partial charge is 0.375 e. The molecule has 1 aromatic carbocycles. The minimum absolute atomic E-state index is 0.0785. The predicted molar refractivity (Wildman–Crippen MR) is 78.2 cm³/mol. The van der Waals surface area contributed by atoms with Crippen LogP contribution in [0, 0.1) is 0 Å². The number of rotatable bonds is 4. The molecular formula is C12H16Br2N2O. The zero-order chi connectivity index (χ0) is 13.0. The zero-order valence-corrected chi connectivity index (χ0v) is 13.3. The molecule has 0 saturated heterocycles. The molecule has 0 radical (unpaired) electrons. The number of nitrogens with one attached hydrogen (secondary N) is 1. The lowest BCUT2D eigenvalue weighted by Gasteiger charge is -2.22. The van der Waals surface area contributed by atoms with Gasteiger partial charge in [-0.1, -0.05) is 15.9 Å². The zero-order valence-electron chi connectivity index (χ0n) is 10.1. The monoisotopic (exact) mass is 362 g/mol. The highest BCUT2D eigenvalue weighted by molar-refractivity contribution is 9.11. The second-order valence-corrected chi connectivity index (χ2v) is 5.85. The number of hydrogen-bond acceptors (Lipinski definition) is 2. The van der Waals surface area contributed by atoms with E-state index in [2.05, 4.69) is 37.2 Å². The molecule has 0 heterocycles. The molecule has 1 amide bonds. The second-order valence-electron chi connectivity index (χ2n) is 4.08. The molecule has 17 heavy (non-hydrogen) atoms. The van der Waals surface area contributed by atoms with Crippen LogP contribution in [0.2, 0.25) is 0 Å². The van der Waals surface area contributed by atoms with Gasteiger partial charge in [-0.3, -0.25) is 4.79 Å². The Labute approximate surface area is 119 Å². The molecule has 0 fully saturated rings. The third-order valence-corrected chi connectivity index (χ3v) is 3.68.